The molecule has 0 aliphatic heterocycles. The predicted octanol–water partition coefficient (Wildman–Crippen LogP) is 0.408. The van der Waals surface area contributed by atoms with Crippen molar-refractivity contribution < 1.29 is 13.8 Å². The molecule has 0 atom stereocenters. The predicted molar refractivity (Wildman–Crippen MR) is 39.7 cm³/mol. The van der Waals surface area contributed by atoms with Crippen molar-refractivity contribution in [3.63, 3.8) is 0 Å². The van der Waals surface area contributed by atoms with Crippen LogP contribution in [0, 0.1) is 0 Å². The Balaban J connectivity index is 0. The van der Waals surface area contributed by atoms with Crippen LogP contribution >= 0.6 is 8.69 Å². The Morgan fingerprint density at radius 3 is 2.00 bits per heavy atom. The molecule has 0 saturated heterocycles. The van der Waals surface area contributed by atoms with Gasteiger partial charge in [-0.05, 0) is 13.8 Å². The summed E-state index contributed by atoms with van der Waals surface area (Å²) in [5, 5.41) is 0. The van der Waals surface area contributed by atoms with Crippen molar-refractivity contribution in [2.24, 2.45) is 0 Å². The van der Waals surface area contributed by atoms with Crippen LogP contribution in [0.25, 0.3) is 0 Å². The van der Waals surface area contributed by atoms with E-state index in [1.165, 1.54) is 7.11 Å². The van der Waals surface area contributed by atoms with E-state index in [1.807, 2.05) is 0 Å². The van der Waals surface area contributed by atoms with Crippen molar-refractivity contribution >= 4 is 26.0 Å². The van der Waals surface area contributed by atoms with Crippen LogP contribution in [0.1, 0.15) is 13.8 Å². The molecule has 0 rings (SSSR count). The zero-order valence-corrected chi connectivity index (χ0v) is 6.07. The van der Waals surface area contributed by atoms with Crippen LogP contribution in [0.4, 0.5) is 0 Å². The lowest BCUT2D eigenvalue weighted by atomic mass is 10.4. The minimum absolute atomic E-state index is 0. The van der Waals surface area contributed by atoms with Gasteiger partial charge in [0.2, 0.25) is 0 Å². The number of methoxy groups -OCH3 is 1. The Hall–Kier alpha value is 0.552. The van der Waals surface area contributed by atoms with Crippen molar-refractivity contribution in [2.75, 3.05) is 7.11 Å². The summed E-state index contributed by atoms with van der Waals surface area (Å²) in [5.41, 5.74) is 0. The maximum Gasteiger partial charge on any atom is 0.330 e. The number of hydrogen-bond donors (Lipinski definition) is 0. The van der Waals surface area contributed by atoms with Crippen LogP contribution in [-0.4, -0.2) is 30.3 Å². The van der Waals surface area contributed by atoms with E-state index >= 15 is 0 Å². The average molecular weight is 166 g/mol. The molecule has 0 aliphatic rings. The average Bonchev–Trinajstić information content (AvgIpc) is 1.67. The maximum absolute atomic E-state index is 9.77. The van der Waals surface area contributed by atoms with Crippen LogP contribution in [0.5, 0.6) is 0 Å². The van der Waals surface area contributed by atoms with Gasteiger partial charge >= 0.3 is 8.69 Å². The summed E-state index contributed by atoms with van der Waals surface area (Å²) >= 11 is 0. The molecule has 0 spiro atoms. The Morgan fingerprint density at radius 2 is 1.89 bits per heavy atom. The van der Waals surface area contributed by atoms with Gasteiger partial charge in [0.25, 0.3) is 0 Å². The first-order valence-electron chi connectivity index (χ1n) is 2.18. The van der Waals surface area contributed by atoms with E-state index in [0.29, 0.717) is 0 Å². The highest BCUT2D eigenvalue weighted by Crippen LogP contribution is 2.15. The van der Waals surface area contributed by atoms with Crippen LogP contribution in [0.15, 0.2) is 0 Å². The molecule has 0 aliphatic carbocycles. The summed E-state index contributed by atoms with van der Waals surface area (Å²) in [6.07, 6.45) is 0. The summed E-state index contributed by atoms with van der Waals surface area (Å²) in [5.74, 6) is -0.733. The minimum atomic E-state index is -0.733. The summed E-state index contributed by atoms with van der Waals surface area (Å²) in [6, 6.07) is 0. The lowest BCUT2D eigenvalue weighted by Crippen LogP contribution is -2.21. The van der Waals surface area contributed by atoms with Gasteiger partial charge < -0.3 is 4.74 Å². The van der Waals surface area contributed by atoms with E-state index in [4.69, 9.17) is 4.74 Å². The van der Waals surface area contributed by atoms with Crippen LogP contribution in [0.2, 0.25) is 0 Å². The smallest absolute Gasteiger partial charge is 0.330 e. The van der Waals surface area contributed by atoms with Crippen molar-refractivity contribution in [3.05, 3.63) is 0 Å². The molecule has 9 heavy (non-hydrogen) atoms. The van der Waals surface area contributed by atoms with Gasteiger partial charge in [-0.3, -0.25) is 4.52 Å². The highest BCUT2D eigenvalue weighted by atomic mass is 31.1. The van der Waals surface area contributed by atoms with Crippen LogP contribution in [-0.2, 0) is 13.8 Å². The second-order valence-electron chi connectivity index (χ2n) is 1.77. The van der Waals surface area contributed by atoms with Gasteiger partial charge in [0, 0.05) is 7.11 Å². The van der Waals surface area contributed by atoms with Crippen molar-refractivity contribution in [1.29, 1.82) is 0 Å². The molecule has 3 nitrogen and oxygen atoms in total. The minimum Gasteiger partial charge on any atom is -0.353 e. The molecule has 0 bridgehead atoms. The number of ether oxygens (including phenoxy) is 1. The lowest BCUT2D eigenvalue weighted by molar-refractivity contribution is -0.127. The van der Waals surface area contributed by atoms with Gasteiger partial charge in [-0.2, -0.15) is 0 Å². The van der Waals surface area contributed by atoms with Crippen molar-refractivity contribution in [3.8, 4) is 0 Å². The molecule has 0 aromatic carbocycles. The monoisotopic (exact) mass is 166 g/mol. The highest BCUT2D eigenvalue weighted by molar-refractivity contribution is 7.17. The van der Waals surface area contributed by atoms with Gasteiger partial charge in [-0.1, -0.05) is 0 Å². The molecule has 0 aromatic heterocycles. The van der Waals surface area contributed by atoms with Crippen molar-refractivity contribution in [1.82, 2.24) is 0 Å². The molecule has 54 valence electrons. The van der Waals surface area contributed by atoms with Gasteiger partial charge in [0.1, 0.15) is 0 Å². The summed E-state index contributed by atoms with van der Waals surface area (Å²) in [4.78, 5) is 0. The zero-order chi connectivity index (χ0) is 6.62. The van der Waals surface area contributed by atoms with Gasteiger partial charge in [-0.15, -0.1) is 0 Å². The fraction of sp³-hybridized carbons (Fsp3) is 1.00. The first kappa shape index (κ1) is 12.2. The van der Waals surface area contributed by atoms with Gasteiger partial charge in [0.15, 0.2) is 23.1 Å². The Labute approximate surface area is 67.1 Å². The SMILES string of the molecule is COC(C)(C)OP=O.[AlH3]. The van der Waals surface area contributed by atoms with E-state index < -0.39 is 5.79 Å². The Bertz CT molecular complexity index is 85.9. The van der Waals surface area contributed by atoms with Gasteiger partial charge in [-0.25, -0.2) is 4.57 Å². The first-order chi connectivity index (χ1) is 3.62. The normalized spacial score (nSPS) is 11.0. The summed E-state index contributed by atoms with van der Waals surface area (Å²) in [7, 11) is 1.14. The van der Waals surface area contributed by atoms with E-state index in [-0.39, 0.29) is 26.0 Å². The second kappa shape index (κ2) is 5.35. The molecule has 0 unspecified atom stereocenters. The molecular weight excluding hydrogens is 154 g/mol. The Kier molecular flexibility index (Phi) is 7.28. The summed E-state index contributed by atoms with van der Waals surface area (Å²) in [6.45, 7) is 3.36. The largest absolute Gasteiger partial charge is 0.353 e. The summed E-state index contributed by atoms with van der Waals surface area (Å²) < 4.78 is 19.1. The number of hydrogen-bond acceptors (Lipinski definition) is 3. The highest BCUT2D eigenvalue weighted by Gasteiger charge is 2.15. The third kappa shape index (κ3) is 6.44. The van der Waals surface area contributed by atoms with E-state index in [2.05, 4.69) is 4.52 Å². The number of rotatable bonds is 3. The zero-order valence-electron chi connectivity index (χ0n) is 5.17. The molecule has 0 N–H and O–H groups in total. The topological polar surface area (TPSA) is 35.5 Å². The third-order valence-corrected chi connectivity index (χ3v) is 1.26. The molecule has 0 aromatic rings. The lowest BCUT2D eigenvalue weighted by Gasteiger charge is -2.17. The maximum atomic E-state index is 9.77. The molecule has 0 heterocycles. The molecule has 0 saturated carbocycles. The molecule has 0 fully saturated rings. The van der Waals surface area contributed by atoms with Crippen LogP contribution in [0.3, 0.4) is 0 Å². The van der Waals surface area contributed by atoms with E-state index in [0.717, 1.165) is 0 Å². The van der Waals surface area contributed by atoms with Crippen LogP contribution < -0.4 is 0 Å². The molecule has 0 amide bonds. The molecule has 5 heteroatoms. The standard InChI is InChI=1S/C4H9O3P.Al.3H/c1-4(2,6-3)7-8-5;;;;/h1-3H3;;;;. The molecular formula is C4H12AlO3P. The quantitative estimate of drug-likeness (QED) is 0.346. The third-order valence-electron chi connectivity index (χ3n) is 0.749. The second-order valence-corrected chi connectivity index (χ2v) is 2.10. The van der Waals surface area contributed by atoms with E-state index in [9.17, 15) is 4.57 Å². The van der Waals surface area contributed by atoms with E-state index in [1.54, 1.807) is 13.8 Å². The fourth-order valence-electron chi connectivity index (χ4n) is 0.127. The first-order valence-corrected chi connectivity index (χ1v) is 2.91. The van der Waals surface area contributed by atoms with Crippen molar-refractivity contribution in [2.45, 2.75) is 19.6 Å². The Morgan fingerprint density at radius 1 is 1.44 bits per heavy atom. The fourth-order valence-corrected chi connectivity index (χ4v) is 0.381. The molecule has 0 radical (unpaired) electrons. The van der Waals surface area contributed by atoms with Gasteiger partial charge in [0.05, 0.1) is 0 Å².